The molecule has 0 aliphatic carbocycles. The molecule has 0 bridgehead atoms. The zero-order valence-corrected chi connectivity index (χ0v) is 22.2. The highest BCUT2D eigenvalue weighted by Crippen LogP contribution is 2.28. The fourth-order valence-corrected chi connectivity index (χ4v) is 4.24. The minimum absolute atomic E-state index is 0.124. The van der Waals surface area contributed by atoms with E-state index < -0.39 is 0 Å². The molecule has 0 saturated heterocycles. The molecule has 4 aromatic rings. The zero-order valence-electron chi connectivity index (χ0n) is 20.6. The van der Waals surface area contributed by atoms with Crippen molar-refractivity contribution >= 4 is 38.8 Å². The molecule has 4 rings (SSSR count). The Balaban J connectivity index is 1.46. The molecule has 1 N–H and O–H groups in total. The van der Waals surface area contributed by atoms with Gasteiger partial charge in [0.05, 0.1) is 6.21 Å². The van der Waals surface area contributed by atoms with Crippen molar-refractivity contribution in [3.05, 3.63) is 106 Å². The van der Waals surface area contributed by atoms with Crippen molar-refractivity contribution in [1.29, 1.82) is 0 Å². The Morgan fingerprint density at radius 3 is 2.61 bits per heavy atom. The predicted octanol–water partition coefficient (Wildman–Crippen LogP) is 7.14. The lowest BCUT2D eigenvalue weighted by Crippen LogP contribution is -2.24. The van der Waals surface area contributed by atoms with Crippen molar-refractivity contribution in [2.45, 2.75) is 33.3 Å². The molecule has 184 valence electrons. The largest absolute Gasteiger partial charge is 0.488 e. The van der Waals surface area contributed by atoms with Crippen LogP contribution in [0.5, 0.6) is 11.5 Å². The lowest BCUT2D eigenvalue weighted by atomic mass is 10.0. The SMILES string of the molecule is Cc1ccc(C(C)C)cc1OCC(=O)NN=Cc1c(OCc2cccc(Br)c2)ccc2ccccc12. The normalized spacial score (nSPS) is 11.2. The topological polar surface area (TPSA) is 59.9 Å². The molecule has 0 saturated carbocycles. The second kappa shape index (κ2) is 11.9. The molecule has 5 nitrogen and oxygen atoms in total. The van der Waals surface area contributed by atoms with Crippen LogP contribution in [0.15, 0.2) is 88.4 Å². The highest BCUT2D eigenvalue weighted by Gasteiger charge is 2.10. The Morgan fingerprint density at radius 1 is 0.972 bits per heavy atom. The second-order valence-electron chi connectivity index (χ2n) is 8.88. The number of amides is 1. The van der Waals surface area contributed by atoms with E-state index in [9.17, 15) is 4.79 Å². The summed E-state index contributed by atoms with van der Waals surface area (Å²) in [7, 11) is 0. The average molecular weight is 545 g/mol. The standard InChI is InChI=1S/C30H29BrN2O3/c1-20(2)24-12-11-21(3)29(16-24)36-19-30(34)33-32-17-27-26-10-5-4-8-23(26)13-14-28(27)35-18-22-7-6-9-25(31)15-22/h4-17,20H,18-19H2,1-3H3,(H,33,34). The molecule has 0 aromatic heterocycles. The Bertz CT molecular complexity index is 1400. The smallest absolute Gasteiger partial charge is 0.277 e. The van der Waals surface area contributed by atoms with Gasteiger partial charge in [-0.3, -0.25) is 4.79 Å². The Morgan fingerprint density at radius 2 is 1.81 bits per heavy atom. The summed E-state index contributed by atoms with van der Waals surface area (Å²) in [5, 5.41) is 6.25. The molecule has 0 heterocycles. The first kappa shape index (κ1) is 25.5. The maximum Gasteiger partial charge on any atom is 0.277 e. The van der Waals surface area contributed by atoms with Crippen LogP contribution >= 0.6 is 15.9 Å². The number of halogens is 1. The summed E-state index contributed by atoms with van der Waals surface area (Å²) in [5.41, 5.74) is 6.57. The van der Waals surface area contributed by atoms with E-state index in [2.05, 4.69) is 46.4 Å². The van der Waals surface area contributed by atoms with Gasteiger partial charge in [0.1, 0.15) is 18.1 Å². The number of fused-ring (bicyclic) bond motifs is 1. The fraction of sp³-hybridized carbons (Fsp3) is 0.200. The maximum atomic E-state index is 12.4. The van der Waals surface area contributed by atoms with Crippen LogP contribution in [0.4, 0.5) is 0 Å². The molecular formula is C30H29BrN2O3. The number of hydrogen-bond acceptors (Lipinski definition) is 4. The number of nitrogens with zero attached hydrogens (tertiary/aromatic N) is 1. The monoisotopic (exact) mass is 544 g/mol. The molecule has 1 amide bonds. The van der Waals surface area contributed by atoms with E-state index in [1.807, 2.05) is 79.7 Å². The van der Waals surface area contributed by atoms with Crippen LogP contribution in [0.1, 0.15) is 42.0 Å². The van der Waals surface area contributed by atoms with Gasteiger partial charge in [0.15, 0.2) is 6.61 Å². The third-order valence-electron chi connectivity index (χ3n) is 5.83. The number of benzene rings is 4. The number of hydrazone groups is 1. The van der Waals surface area contributed by atoms with Gasteiger partial charge in [-0.05, 0) is 64.6 Å². The van der Waals surface area contributed by atoms with Crippen LogP contribution in [-0.4, -0.2) is 18.7 Å². The van der Waals surface area contributed by atoms with Gasteiger partial charge in [-0.2, -0.15) is 5.10 Å². The highest BCUT2D eigenvalue weighted by molar-refractivity contribution is 9.10. The van der Waals surface area contributed by atoms with Crippen molar-refractivity contribution in [1.82, 2.24) is 5.43 Å². The van der Waals surface area contributed by atoms with Crippen LogP contribution in [0.25, 0.3) is 10.8 Å². The van der Waals surface area contributed by atoms with E-state index in [-0.39, 0.29) is 12.5 Å². The van der Waals surface area contributed by atoms with Crippen LogP contribution in [0.3, 0.4) is 0 Å². The number of hydrogen-bond donors (Lipinski definition) is 1. The van der Waals surface area contributed by atoms with Crippen molar-refractivity contribution in [2.75, 3.05) is 6.61 Å². The van der Waals surface area contributed by atoms with E-state index in [0.29, 0.717) is 24.0 Å². The molecule has 0 atom stereocenters. The highest BCUT2D eigenvalue weighted by atomic mass is 79.9. The third-order valence-corrected chi connectivity index (χ3v) is 6.33. The maximum absolute atomic E-state index is 12.4. The van der Waals surface area contributed by atoms with Crippen molar-refractivity contribution in [2.24, 2.45) is 5.10 Å². The van der Waals surface area contributed by atoms with Gasteiger partial charge in [-0.15, -0.1) is 0 Å². The molecular weight excluding hydrogens is 516 g/mol. The number of nitrogens with one attached hydrogen (secondary N) is 1. The lowest BCUT2D eigenvalue weighted by molar-refractivity contribution is -0.123. The summed E-state index contributed by atoms with van der Waals surface area (Å²) in [6, 6.07) is 26.0. The van der Waals surface area contributed by atoms with Gasteiger partial charge in [0, 0.05) is 10.0 Å². The number of rotatable bonds is 9. The van der Waals surface area contributed by atoms with E-state index in [4.69, 9.17) is 9.47 Å². The summed E-state index contributed by atoms with van der Waals surface area (Å²) in [6.07, 6.45) is 1.63. The van der Waals surface area contributed by atoms with Gasteiger partial charge in [-0.25, -0.2) is 5.43 Å². The number of carbonyl (C=O) groups excluding carboxylic acids is 1. The van der Waals surface area contributed by atoms with Crippen molar-refractivity contribution in [3.8, 4) is 11.5 Å². The fourth-order valence-electron chi connectivity index (χ4n) is 3.80. The summed E-state index contributed by atoms with van der Waals surface area (Å²) < 4.78 is 12.9. The van der Waals surface area contributed by atoms with Crippen molar-refractivity contribution in [3.63, 3.8) is 0 Å². The third kappa shape index (κ3) is 6.52. The quantitative estimate of drug-likeness (QED) is 0.180. The Labute approximate surface area is 220 Å². The summed E-state index contributed by atoms with van der Waals surface area (Å²) in [5.74, 6) is 1.44. The first-order valence-electron chi connectivity index (χ1n) is 11.8. The molecule has 0 fully saturated rings. The molecule has 36 heavy (non-hydrogen) atoms. The number of aryl methyl sites for hydroxylation is 1. The van der Waals surface area contributed by atoms with E-state index in [0.717, 1.165) is 31.9 Å². The molecule has 0 spiro atoms. The van der Waals surface area contributed by atoms with E-state index in [1.165, 1.54) is 5.56 Å². The van der Waals surface area contributed by atoms with Gasteiger partial charge in [0.2, 0.25) is 0 Å². The molecule has 0 aliphatic rings. The summed E-state index contributed by atoms with van der Waals surface area (Å²) in [4.78, 5) is 12.4. The van der Waals surface area contributed by atoms with Crippen LogP contribution in [-0.2, 0) is 11.4 Å². The molecule has 6 heteroatoms. The van der Waals surface area contributed by atoms with Crippen molar-refractivity contribution < 1.29 is 14.3 Å². The molecule has 4 aromatic carbocycles. The van der Waals surface area contributed by atoms with E-state index in [1.54, 1.807) is 6.21 Å². The summed E-state index contributed by atoms with van der Waals surface area (Å²) in [6.45, 7) is 6.50. The first-order chi connectivity index (χ1) is 17.4. The Hall–Kier alpha value is -3.64. The number of carbonyl (C=O) groups is 1. The van der Waals surface area contributed by atoms with Gasteiger partial charge in [0.25, 0.3) is 5.91 Å². The predicted molar refractivity (Wildman–Crippen MR) is 149 cm³/mol. The van der Waals surface area contributed by atoms with Gasteiger partial charge >= 0.3 is 0 Å². The van der Waals surface area contributed by atoms with Gasteiger partial charge < -0.3 is 9.47 Å². The lowest BCUT2D eigenvalue weighted by Gasteiger charge is -2.13. The van der Waals surface area contributed by atoms with Crippen LogP contribution in [0.2, 0.25) is 0 Å². The zero-order chi connectivity index (χ0) is 25.5. The minimum Gasteiger partial charge on any atom is -0.488 e. The summed E-state index contributed by atoms with van der Waals surface area (Å²) >= 11 is 3.50. The van der Waals surface area contributed by atoms with E-state index >= 15 is 0 Å². The number of ether oxygens (including phenoxy) is 2. The second-order valence-corrected chi connectivity index (χ2v) is 9.79. The molecule has 0 aliphatic heterocycles. The van der Waals surface area contributed by atoms with Crippen LogP contribution < -0.4 is 14.9 Å². The van der Waals surface area contributed by atoms with Gasteiger partial charge in [-0.1, -0.05) is 84.4 Å². The minimum atomic E-state index is -0.336. The molecule has 0 unspecified atom stereocenters. The van der Waals surface area contributed by atoms with Crippen LogP contribution in [0, 0.1) is 6.92 Å². The molecule has 0 radical (unpaired) electrons. The first-order valence-corrected chi connectivity index (χ1v) is 12.6. The Kier molecular flexibility index (Phi) is 8.39. The average Bonchev–Trinajstić information content (AvgIpc) is 2.87.